The van der Waals surface area contributed by atoms with E-state index in [1.807, 2.05) is 18.0 Å². The van der Waals surface area contributed by atoms with Crippen LogP contribution >= 0.6 is 0 Å². The van der Waals surface area contributed by atoms with Gasteiger partial charge in [0.25, 0.3) is 0 Å². The number of rotatable bonds is 8. The number of aromatic nitrogens is 3. The third-order valence-electron chi connectivity index (χ3n) is 6.28. The maximum atomic E-state index is 15.0. The van der Waals surface area contributed by atoms with Crippen molar-refractivity contribution in [1.82, 2.24) is 19.9 Å². The fourth-order valence-corrected chi connectivity index (χ4v) is 4.36. The summed E-state index contributed by atoms with van der Waals surface area (Å²) in [6.07, 6.45) is 4.92. The van der Waals surface area contributed by atoms with Crippen LogP contribution < -0.4 is 25.6 Å². The van der Waals surface area contributed by atoms with Crippen LogP contribution in [0.15, 0.2) is 73.4 Å². The van der Waals surface area contributed by atoms with Crippen molar-refractivity contribution in [2.75, 3.05) is 35.7 Å². The minimum Gasteiger partial charge on any atom is -0.453 e. The summed E-state index contributed by atoms with van der Waals surface area (Å²) in [5.41, 5.74) is 2.18. The number of halogens is 1. The Morgan fingerprint density at radius 3 is 2.81 bits per heavy atom. The Kier molecular flexibility index (Phi) is 7.00. The molecule has 4 aromatic rings. The Balaban J connectivity index is 1.33. The first kappa shape index (κ1) is 24.3. The number of ether oxygens (including phenoxy) is 1. The molecular formula is C27H28FN7O2. The lowest BCUT2D eigenvalue weighted by molar-refractivity contribution is -0.111. The number of pyridine rings is 1. The molecule has 10 heteroatoms. The third kappa shape index (κ3) is 5.54. The first-order valence-corrected chi connectivity index (χ1v) is 12.1. The topological polar surface area (TPSA) is 95.8 Å². The van der Waals surface area contributed by atoms with Crippen molar-refractivity contribution in [3.05, 3.63) is 79.3 Å². The van der Waals surface area contributed by atoms with Crippen molar-refractivity contribution in [2.45, 2.75) is 18.9 Å². The molecule has 1 aliphatic rings. The number of carbonyl (C=O) groups excluding carboxylic acids is 1. The quantitative estimate of drug-likeness (QED) is 0.301. The Labute approximate surface area is 214 Å². The van der Waals surface area contributed by atoms with Gasteiger partial charge in [-0.15, -0.1) is 5.10 Å². The molecule has 5 rings (SSSR count). The molecule has 0 atom stereocenters. The van der Waals surface area contributed by atoms with Crippen LogP contribution in [0, 0.1) is 5.82 Å². The summed E-state index contributed by atoms with van der Waals surface area (Å²) in [6, 6.07) is 15.9. The van der Waals surface area contributed by atoms with E-state index in [0.717, 1.165) is 25.9 Å². The van der Waals surface area contributed by atoms with E-state index in [1.54, 1.807) is 53.2 Å². The average Bonchev–Trinajstić information content (AvgIpc) is 3.32. The Morgan fingerprint density at radius 2 is 2.03 bits per heavy atom. The third-order valence-corrected chi connectivity index (χ3v) is 6.28. The van der Waals surface area contributed by atoms with E-state index in [9.17, 15) is 4.79 Å². The number of piperidine rings is 1. The molecule has 0 unspecified atom stereocenters. The molecule has 2 aromatic carbocycles. The van der Waals surface area contributed by atoms with Gasteiger partial charge in [-0.25, -0.2) is 8.91 Å². The Morgan fingerprint density at radius 1 is 1.19 bits per heavy atom. The first-order valence-electron chi connectivity index (χ1n) is 12.1. The van der Waals surface area contributed by atoms with Gasteiger partial charge in [-0.3, -0.25) is 4.79 Å². The number of hydrogen-bond donors (Lipinski definition) is 3. The van der Waals surface area contributed by atoms with Gasteiger partial charge in [0.2, 0.25) is 11.9 Å². The van der Waals surface area contributed by atoms with Gasteiger partial charge in [-0.1, -0.05) is 12.6 Å². The standard InChI is InChI=1S/C27H28FN7O2/c1-3-25(36)30-18-6-4-7-21(16-18)37-24-8-5-15-35-26(24)32-27(33-35)31-19-9-10-23(22(28)17-19)34(2)20-11-13-29-14-12-20/h3-10,15-17,20,29H,1,11-14H2,2H3,(H,30,36)(H,31,33). The number of anilines is 4. The van der Waals surface area contributed by atoms with Crippen molar-refractivity contribution in [3.8, 4) is 11.5 Å². The summed E-state index contributed by atoms with van der Waals surface area (Å²) in [4.78, 5) is 18.2. The van der Waals surface area contributed by atoms with Gasteiger partial charge in [0, 0.05) is 36.7 Å². The van der Waals surface area contributed by atoms with Crippen LogP contribution in [0.2, 0.25) is 0 Å². The summed E-state index contributed by atoms with van der Waals surface area (Å²) in [6.45, 7) is 5.34. The van der Waals surface area contributed by atoms with Gasteiger partial charge in [0.1, 0.15) is 11.6 Å². The second kappa shape index (κ2) is 10.7. The van der Waals surface area contributed by atoms with Gasteiger partial charge in [-0.05, 0) is 74.5 Å². The molecule has 0 saturated carbocycles. The van der Waals surface area contributed by atoms with Gasteiger partial charge in [-0.2, -0.15) is 4.98 Å². The van der Waals surface area contributed by atoms with Crippen LogP contribution in [0.1, 0.15) is 12.8 Å². The van der Waals surface area contributed by atoms with E-state index < -0.39 is 0 Å². The van der Waals surface area contributed by atoms with Crippen molar-refractivity contribution >= 4 is 34.6 Å². The molecule has 190 valence electrons. The lowest BCUT2D eigenvalue weighted by Gasteiger charge is -2.33. The Bertz CT molecular complexity index is 1430. The molecule has 3 N–H and O–H groups in total. The molecule has 3 heterocycles. The maximum Gasteiger partial charge on any atom is 0.247 e. The minimum atomic E-state index is -0.310. The summed E-state index contributed by atoms with van der Waals surface area (Å²) < 4.78 is 22.6. The van der Waals surface area contributed by atoms with E-state index in [4.69, 9.17) is 4.74 Å². The van der Waals surface area contributed by atoms with Crippen LogP contribution in [-0.2, 0) is 4.79 Å². The Hall–Kier alpha value is -4.44. The molecule has 1 amide bonds. The van der Waals surface area contributed by atoms with Crippen molar-refractivity contribution in [2.24, 2.45) is 0 Å². The minimum absolute atomic E-state index is 0.303. The number of benzene rings is 2. The van der Waals surface area contributed by atoms with Crippen molar-refractivity contribution in [1.29, 1.82) is 0 Å². The summed E-state index contributed by atoms with van der Waals surface area (Å²) in [5, 5.41) is 13.6. The number of nitrogens with one attached hydrogen (secondary N) is 3. The normalized spacial score (nSPS) is 13.8. The van der Waals surface area contributed by atoms with E-state index in [1.165, 1.54) is 12.1 Å². The molecule has 1 saturated heterocycles. The first-order chi connectivity index (χ1) is 18.0. The van der Waals surface area contributed by atoms with Gasteiger partial charge in [0.05, 0.1) is 5.69 Å². The van der Waals surface area contributed by atoms with E-state index in [-0.39, 0.29) is 11.7 Å². The largest absolute Gasteiger partial charge is 0.453 e. The SMILES string of the molecule is C=CC(=O)Nc1cccc(Oc2cccn3nc(Nc4ccc(N(C)C5CCNCC5)c(F)c4)nc23)c1. The number of hydrogen-bond acceptors (Lipinski definition) is 7. The monoisotopic (exact) mass is 501 g/mol. The maximum absolute atomic E-state index is 15.0. The smallest absolute Gasteiger partial charge is 0.247 e. The average molecular weight is 502 g/mol. The van der Waals surface area contributed by atoms with Crippen LogP contribution in [0.5, 0.6) is 11.5 Å². The second-order valence-corrected chi connectivity index (χ2v) is 8.78. The molecule has 0 bridgehead atoms. The fourth-order valence-electron chi connectivity index (χ4n) is 4.36. The van der Waals surface area contributed by atoms with Crippen molar-refractivity contribution < 1.29 is 13.9 Å². The molecule has 1 fully saturated rings. The highest BCUT2D eigenvalue weighted by atomic mass is 19.1. The zero-order valence-corrected chi connectivity index (χ0v) is 20.4. The van der Waals surface area contributed by atoms with Gasteiger partial charge in [0.15, 0.2) is 11.4 Å². The molecular weight excluding hydrogens is 473 g/mol. The molecule has 0 spiro atoms. The molecule has 1 aliphatic heterocycles. The van der Waals surface area contributed by atoms with E-state index in [0.29, 0.717) is 46.2 Å². The lowest BCUT2D eigenvalue weighted by Crippen LogP contribution is -2.41. The summed E-state index contributed by atoms with van der Waals surface area (Å²) in [7, 11) is 1.94. The zero-order valence-electron chi connectivity index (χ0n) is 20.4. The highest BCUT2D eigenvalue weighted by Crippen LogP contribution is 2.29. The second-order valence-electron chi connectivity index (χ2n) is 8.78. The number of nitrogens with zero attached hydrogens (tertiary/aromatic N) is 4. The number of carbonyl (C=O) groups is 1. The van der Waals surface area contributed by atoms with Gasteiger partial charge >= 0.3 is 0 Å². The fraction of sp³-hybridized carbons (Fsp3) is 0.222. The summed E-state index contributed by atoms with van der Waals surface area (Å²) in [5.74, 6) is 0.683. The van der Waals surface area contributed by atoms with Crippen LogP contribution in [-0.4, -0.2) is 46.7 Å². The molecule has 0 radical (unpaired) electrons. The van der Waals surface area contributed by atoms with Crippen LogP contribution in [0.4, 0.5) is 27.4 Å². The lowest BCUT2D eigenvalue weighted by atomic mass is 10.0. The van der Waals surface area contributed by atoms with Crippen LogP contribution in [0.25, 0.3) is 5.65 Å². The number of amides is 1. The molecule has 37 heavy (non-hydrogen) atoms. The van der Waals surface area contributed by atoms with Gasteiger partial charge < -0.3 is 25.6 Å². The van der Waals surface area contributed by atoms with Crippen molar-refractivity contribution in [3.63, 3.8) is 0 Å². The zero-order chi connectivity index (χ0) is 25.8. The predicted molar refractivity (Wildman–Crippen MR) is 142 cm³/mol. The molecule has 2 aromatic heterocycles. The molecule has 9 nitrogen and oxygen atoms in total. The van der Waals surface area contributed by atoms with E-state index >= 15 is 4.39 Å². The van der Waals surface area contributed by atoms with E-state index in [2.05, 4.69) is 32.6 Å². The highest BCUT2D eigenvalue weighted by molar-refractivity contribution is 5.98. The summed E-state index contributed by atoms with van der Waals surface area (Å²) >= 11 is 0. The predicted octanol–water partition coefficient (Wildman–Crippen LogP) is 4.72. The molecule has 0 aliphatic carbocycles. The highest BCUT2D eigenvalue weighted by Gasteiger charge is 2.20. The number of fused-ring (bicyclic) bond motifs is 1. The van der Waals surface area contributed by atoms with Crippen LogP contribution in [0.3, 0.4) is 0 Å².